The molecule has 2 aromatic rings. The van der Waals surface area contributed by atoms with Crippen LogP contribution in [0.3, 0.4) is 0 Å². The molecule has 1 saturated heterocycles. The molecule has 0 aliphatic carbocycles. The normalized spacial score (nSPS) is 16.8. The van der Waals surface area contributed by atoms with Crippen LogP contribution in [-0.4, -0.2) is 41.9 Å². The highest BCUT2D eigenvalue weighted by atomic mass is 16.5. The third-order valence-electron chi connectivity index (χ3n) is 4.87. The Morgan fingerprint density at radius 3 is 2.57 bits per heavy atom. The van der Waals surface area contributed by atoms with Gasteiger partial charge in [-0.05, 0) is 31.5 Å². The van der Waals surface area contributed by atoms with Gasteiger partial charge in [-0.15, -0.1) is 0 Å². The summed E-state index contributed by atoms with van der Waals surface area (Å²) in [6.45, 7) is 4.57. The highest BCUT2D eigenvalue weighted by Gasteiger charge is 2.36. The van der Waals surface area contributed by atoms with Crippen molar-refractivity contribution in [3.63, 3.8) is 0 Å². The Labute approximate surface area is 176 Å². The summed E-state index contributed by atoms with van der Waals surface area (Å²) in [6.07, 6.45) is -0.904. The first-order chi connectivity index (χ1) is 14.5. The van der Waals surface area contributed by atoms with Crippen LogP contribution in [0.15, 0.2) is 54.6 Å². The smallest absolute Gasteiger partial charge is 0.312 e. The zero-order valence-electron chi connectivity index (χ0n) is 17.2. The quantitative estimate of drug-likeness (QED) is 0.677. The Morgan fingerprint density at radius 2 is 1.83 bits per heavy atom. The van der Waals surface area contributed by atoms with Gasteiger partial charge < -0.3 is 19.7 Å². The van der Waals surface area contributed by atoms with Crippen LogP contribution in [0.25, 0.3) is 0 Å². The van der Waals surface area contributed by atoms with Crippen molar-refractivity contribution in [1.29, 1.82) is 0 Å². The zero-order valence-corrected chi connectivity index (χ0v) is 17.2. The molecule has 1 N–H and O–H groups in total. The molecule has 0 bridgehead atoms. The Balaban J connectivity index is 1.54. The van der Waals surface area contributed by atoms with E-state index in [-0.39, 0.29) is 18.9 Å². The van der Waals surface area contributed by atoms with E-state index in [1.165, 1.54) is 6.92 Å². The van der Waals surface area contributed by atoms with Crippen LogP contribution in [0.1, 0.15) is 25.8 Å². The monoisotopic (exact) mass is 410 g/mol. The highest BCUT2D eigenvalue weighted by molar-refractivity contribution is 5.96. The second-order valence-electron chi connectivity index (χ2n) is 7.16. The Kier molecular flexibility index (Phi) is 7.06. The first-order valence-electron chi connectivity index (χ1n) is 10.0. The van der Waals surface area contributed by atoms with Gasteiger partial charge >= 0.3 is 5.97 Å². The summed E-state index contributed by atoms with van der Waals surface area (Å²) in [5, 5.41) is 2.72. The number of nitrogens with one attached hydrogen (secondary N) is 1. The van der Waals surface area contributed by atoms with E-state index in [2.05, 4.69) is 5.32 Å². The van der Waals surface area contributed by atoms with Gasteiger partial charge in [-0.25, -0.2) is 0 Å². The lowest BCUT2D eigenvalue weighted by Crippen LogP contribution is -2.33. The van der Waals surface area contributed by atoms with Crippen molar-refractivity contribution in [2.24, 2.45) is 5.92 Å². The lowest BCUT2D eigenvalue weighted by Gasteiger charge is -2.18. The van der Waals surface area contributed by atoms with Gasteiger partial charge in [0.05, 0.1) is 18.2 Å². The lowest BCUT2D eigenvalue weighted by atomic mass is 10.1. The van der Waals surface area contributed by atoms with Crippen molar-refractivity contribution < 1.29 is 23.9 Å². The van der Waals surface area contributed by atoms with Gasteiger partial charge in [-0.1, -0.05) is 42.5 Å². The Hall–Kier alpha value is -3.35. The highest BCUT2D eigenvalue weighted by Crippen LogP contribution is 2.25. The number of anilines is 1. The van der Waals surface area contributed by atoms with E-state index in [4.69, 9.17) is 9.47 Å². The number of hydrogen-bond acceptors (Lipinski definition) is 5. The molecule has 2 aromatic carbocycles. The number of benzene rings is 2. The second kappa shape index (κ2) is 9.91. The predicted molar refractivity (Wildman–Crippen MR) is 112 cm³/mol. The molecule has 7 heteroatoms. The van der Waals surface area contributed by atoms with Gasteiger partial charge in [-0.3, -0.25) is 14.4 Å². The molecular weight excluding hydrogens is 384 g/mol. The molecule has 0 radical (unpaired) electrons. The van der Waals surface area contributed by atoms with E-state index >= 15 is 0 Å². The SMILES string of the molecule is CCOc1ccccc1NC(=O)[C@H](C)OC(=O)[C@@H]1CC(=O)N(Cc2ccccc2)C1. The van der Waals surface area contributed by atoms with Gasteiger partial charge in [0.1, 0.15) is 5.75 Å². The first kappa shape index (κ1) is 21.4. The first-order valence-corrected chi connectivity index (χ1v) is 10.0. The maximum atomic E-state index is 12.5. The van der Waals surface area contributed by atoms with E-state index in [0.29, 0.717) is 24.6 Å². The number of para-hydroxylation sites is 2. The van der Waals surface area contributed by atoms with Crippen molar-refractivity contribution in [3.05, 3.63) is 60.2 Å². The summed E-state index contributed by atoms with van der Waals surface area (Å²) in [7, 11) is 0. The van der Waals surface area contributed by atoms with Crippen molar-refractivity contribution >= 4 is 23.5 Å². The Morgan fingerprint density at radius 1 is 1.13 bits per heavy atom. The van der Waals surface area contributed by atoms with Crippen LogP contribution in [0.2, 0.25) is 0 Å². The standard InChI is InChI=1S/C23H26N2O5/c1-3-29-20-12-8-7-11-19(20)24-22(27)16(2)30-23(28)18-13-21(26)25(15-18)14-17-9-5-4-6-10-17/h4-12,16,18H,3,13-15H2,1-2H3,(H,24,27)/t16-,18+/m0/s1. The van der Waals surface area contributed by atoms with Crippen LogP contribution in [0.4, 0.5) is 5.69 Å². The molecule has 1 heterocycles. The lowest BCUT2D eigenvalue weighted by molar-refractivity contribution is -0.157. The van der Waals surface area contributed by atoms with Crippen LogP contribution in [0.5, 0.6) is 5.75 Å². The fraction of sp³-hybridized carbons (Fsp3) is 0.348. The molecule has 2 atom stereocenters. The minimum Gasteiger partial charge on any atom is -0.492 e. The number of esters is 1. The molecule has 3 rings (SSSR count). The maximum Gasteiger partial charge on any atom is 0.312 e. The number of hydrogen-bond donors (Lipinski definition) is 1. The van der Waals surface area contributed by atoms with E-state index in [1.807, 2.05) is 43.3 Å². The molecule has 30 heavy (non-hydrogen) atoms. The summed E-state index contributed by atoms with van der Waals surface area (Å²) >= 11 is 0. The molecule has 0 aromatic heterocycles. The zero-order chi connectivity index (χ0) is 21.5. The minimum atomic E-state index is -0.995. The summed E-state index contributed by atoms with van der Waals surface area (Å²) in [5.41, 5.74) is 1.51. The number of amides is 2. The van der Waals surface area contributed by atoms with Gasteiger partial charge in [-0.2, -0.15) is 0 Å². The molecule has 2 amide bonds. The number of ether oxygens (including phenoxy) is 2. The molecule has 1 fully saturated rings. The fourth-order valence-electron chi connectivity index (χ4n) is 3.30. The fourth-order valence-corrected chi connectivity index (χ4v) is 3.30. The predicted octanol–water partition coefficient (Wildman–Crippen LogP) is 3.00. The summed E-state index contributed by atoms with van der Waals surface area (Å²) < 4.78 is 10.8. The molecule has 0 unspecified atom stereocenters. The number of likely N-dealkylation sites (tertiary alicyclic amines) is 1. The number of rotatable bonds is 8. The second-order valence-corrected chi connectivity index (χ2v) is 7.16. The van der Waals surface area contributed by atoms with Crippen molar-refractivity contribution in [2.45, 2.75) is 32.9 Å². The average molecular weight is 410 g/mol. The van der Waals surface area contributed by atoms with Gasteiger partial charge in [0.15, 0.2) is 6.10 Å². The average Bonchev–Trinajstić information content (AvgIpc) is 3.11. The summed E-state index contributed by atoms with van der Waals surface area (Å²) in [5.74, 6) is -1.12. The van der Waals surface area contributed by atoms with Gasteiger partial charge in [0.25, 0.3) is 5.91 Å². The maximum absolute atomic E-state index is 12.5. The summed E-state index contributed by atoms with van der Waals surface area (Å²) in [4.78, 5) is 38.9. The topological polar surface area (TPSA) is 84.9 Å². The largest absolute Gasteiger partial charge is 0.492 e. The number of carbonyl (C=O) groups is 3. The minimum absolute atomic E-state index is 0.0905. The molecule has 1 aliphatic rings. The molecule has 0 saturated carbocycles. The summed E-state index contributed by atoms with van der Waals surface area (Å²) in [6, 6.07) is 16.7. The van der Waals surface area contributed by atoms with E-state index in [1.54, 1.807) is 23.1 Å². The van der Waals surface area contributed by atoms with Gasteiger partial charge in [0, 0.05) is 19.5 Å². The number of nitrogens with zero attached hydrogens (tertiary/aromatic N) is 1. The van der Waals surface area contributed by atoms with Crippen molar-refractivity contribution in [3.8, 4) is 5.75 Å². The van der Waals surface area contributed by atoms with Crippen LogP contribution in [0, 0.1) is 5.92 Å². The van der Waals surface area contributed by atoms with E-state index in [0.717, 1.165) is 5.56 Å². The van der Waals surface area contributed by atoms with Crippen molar-refractivity contribution in [1.82, 2.24) is 4.90 Å². The molecule has 0 spiro atoms. The molecule has 1 aliphatic heterocycles. The van der Waals surface area contributed by atoms with Crippen LogP contribution >= 0.6 is 0 Å². The third-order valence-corrected chi connectivity index (χ3v) is 4.87. The molecular formula is C23H26N2O5. The van der Waals surface area contributed by atoms with E-state index < -0.39 is 23.9 Å². The number of carbonyl (C=O) groups excluding carboxylic acids is 3. The molecule has 158 valence electrons. The van der Waals surface area contributed by atoms with Crippen LogP contribution < -0.4 is 10.1 Å². The third kappa shape index (κ3) is 5.37. The van der Waals surface area contributed by atoms with Crippen LogP contribution in [-0.2, 0) is 25.7 Å². The van der Waals surface area contributed by atoms with E-state index in [9.17, 15) is 14.4 Å². The molecule has 7 nitrogen and oxygen atoms in total. The van der Waals surface area contributed by atoms with Gasteiger partial charge in [0.2, 0.25) is 5.91 Å². The Bertz CT molecular complexity index is 899. The van der Waals surface area contributed by atoms with Crippen molar-refractivity contribution in [2.75, 3.05) is 18.5 Å².